The van der Waals surface area contributed by atoms with E-state index in [1.54, 1.807) is 0 Å². The van der Waals surface area contributed by atoms with Gasteiger partial charge in [-0.3, -0.25) is 0 Å². The van der Waals surface area contributed by atoms with Crippen LogP contribution in [0.3, 0.4) is 0 Å². The van der Waals surface area contributed by atoms with E-state index < -0.39 is 0 Å². The molecule has 1 aromatic carbocycles. The molecular formula is C22H35N3S. The second-order valence-corrected chi connectivity index (χ2v) is 8.77. The minimum Gasteiger partial charge on any atom is -0.349 e. The summed E-state index contributed by atoms with van der Waals surface area (Å²) in [4.78, 5) is 5.04. The van der Waals surface area contributed by atoms with E-state index in [-0.39, 0.29) is 0 Å². The zero-order valence-electron chi connectivity index (χ0n) is 17.0. The summed E-state index contributed by atoms with van der Waals surface area (Å²) < 4.78 is 0. The van der Waals surface area contributed by atoms with Crippen molar-refractivity contribution in [3.63, 3.8) is 0 Å². The molecule has 1 saturated carbocycles. The summed E-state index contributed by atoms with van der Waals surface area (Å²) in [7, 11) is 2.35. The topological polar surface area (TPSA) is 18.5 Å². The lowest BCUT2D eigenvalue weighted by Gasteiger charge is -2.42. The van der Waals surface area contributed by atoms with E-state index in [1.165, 1.54) is 67.3 Å². The molecule has 1 aliphatic heterocycles. The predicted molar refractivity (Wildman–Crippen MR) is 116 cm³/mol. The van der Waals surface area contributed by atoms with Crippen LogP contribution in [0.5, 0.6) is 0 Å². The molecule has 2 fully saturated rings. The number of aryl methyl sites for hydroxylation is 3. The van der Waals surface area contributed by atoms with Gasteiger partial charge in [0.15, 0.2) is 5.11 Å². The Morgan fingerprint density at radius 3 is 2.08 bits per heavy atom. The van der Waals surface area contributed by atoms with Crippen molar-refractivity contribution in [1.82, 2.24) is 9.80 Å². The van der Waals surface area contributed by atoms with Gasteiger partial charge < -0.3 is 15.1 Å². The van der Waals surface area contributed by atoms with Gasteiger partial charge in [0.2, 0.25) is 0 Å². The smallest absolute Gasteiger partial charge is 0.173 e. The van der Waals surface area contributed by atoms with Crippen molar-refractivity contribution in [2.45, 2.75) is 77.8 Å². The maximum Gasteiger partial charge on any atom is 0.173 e. The van der Waals surface area contributed by atoms with Gasteiger partial charge in [0.05, 0.1) is 0 Å². The highest BCUT2D eigenvalue weighted by Gasteiger charge is 2.28. The third-order valence-corrected chi connectivity index (χ3v) is 6.75. The Hall–Kier alpha value is -1.13. The SMILES string of the molecule is Cc1cc(C)c(NC(=S)N2CCC(N(C)C3CCCCC3)CC2)c(C)c1. The minimum absolute atomic E-state index is 0.722. The third kappa shape index (κ3) is 4.58. The maximum absolute atomic E-state index is 5.74. The molecule has 0 spiro atoms. The normalized spacial score (nSPS) is 19.8. The molecule has 144 valence electrons. The summed E-state index contributed by atoms with van der Waals surface area (Å²) >= 11 is 5.74. The number of nitrogens with one attached hydrogen (secondary N) is 1. The fourth-order valence-corrected chi connectivity index (χ4v) is 5.11. The number of likely N-dealkylation sites (tertiary alicyclic amines) is 1. The minimum atomic E-state index is 0.722. The number of hydrogen-bond acceptors (Lipinski definition) is 2. The maximum atomic E-state index is 5.74. The fraction of sp³-hybridized carbons (Fsp3) is 0.682. The van der Waals surface area contributed by atoms with Gasteiger partial charge in [-0.1, -0.05) is 37.0 Å². The lowest BCUT2D eigenvalue weighted by Crippen LogP contribution is -2.49. The zero-order chi connectivity index (χ0) is 18.7. The number of thiocarbonyl (C=S) groups is 1. The Kier molecular flexibility index (Phi) is 6.57. The molecule has 4 heteroatoms. The third-order valence-electron chi connectivity index (χ3n) is 6.39. The largest absolute Gasteiger partial charge is 0.349 e. The molecular weight excluding hydrogens is 338 g/mol. The van der Waals surface area contributed by atoms with E-state index in [9.17, 15) is 0 Å². The molecule has 0 atom stereocenters. The van der Waals surface area contributed by atoms with Crippen molar-refractivity contribution in [2.24, 2.45) is 0 Å². The molecule has 0 amide bonds. The molecule has 1 heterocycles. The summed E-state index contributed by atoms with van der Waals surface area (Å²) in [6, 6.07) is 5.98. The second kappa shape index (κ2) is 8.71. The summed E-state index contributed by atoms with van der Waals surface area (Å²) in [5.41, 5.74) is 5.04. The molecule has 0 bridgehead atoms. The second-order valence-electron chi connectivity index (χ2n) is 8.38. The number of benzene rings is 1. The average molecular weight is 374 g/mol. The Bertz CT molecular complexity index is 605. The van der Waals surface area contributed by atoms with Crippen LogP contribution >= 0.6 is 12.2 Å². The van der Waals surface area contributed by atoms with Crippen LogP contribution in [-0.2, 0) is 0 Å². The van der Waals surface area contributed by atoms with E-state index in [4.69, 9.17) is 12.2 Å². The molecule has 3 nitrogen and oxygen atoms in total. The first-order valence-electron chi connectivity index (χ1n) is 10.3. The standard InChI is InChI=1S/C22H35N3S/c1-16-14-17(2)21(18(3)15-16)23-22(26)25-12-10-20(11-13-25)24(4)19-8-6-5-7-9-19/h14-15,19-20H,5-13H2,1-4H3,(H,23,26). The predicted octanol–water partition coefficient (Wildman–Crippen LogP) is 5.04. The van der Waals surface area contributed by atoms with E-state index in [1.807, 2.05) is 0 Å². The molecule has 1 aliphatic carbocycles. The van der Waals surface area contributed by atoms with Gasteiger partial charge in [-0.25, -0.2) is 0 Å². The van der Waals surface area contributed by atoms with Crippen molar-refractivity contribution in [1.29, 1.82) is 0 Å². The van der Waals surface area contributed by atoms with Crippen LogP contribution in [0.25, 0.3) is 0 Å². The summed E-state index contributed by atoms with van der Waals surface area (Å²) in [5.74, 6) is 0. The molecule has 26 heavy (non-hydrogen) atoms. The molecule has 3 rings (SSSR count). The zero-order valence-corrected chi connectivity index (χ0v) is 17.8. The lowest BCUT2D eigenvalue weighted by atomic mass is 9.92. The van der Waals surface area contributed by atoms with Crippen LogP contribution in [-0.4, -0.2) is 47.1 Å². The van der Waals surface area contributed by atoms with E-state index in [2.05, 4.69) is 55.1 Å². The molecule has 2 aliphatic rings. The highest BCUT2D eigenvalue weighted by molar-refractivity contribution is 7.80. The van der Waals surface area contributed by atoms with E-state index in [0.717, 1.165) is 30.3 Å². The fourth-order valence-electron chi connectivity index (χ4n) is 4.83. The monoisotopic (exact) mass is 373 g/mol. The summed E-state index contributed by atoms with van der Waals surface area (Å²) in [6.45, 7) is 8.61. The van der Waals surface area contributed by atoms with Crippen LogP contribution in [0.1, 0.15) is 61.6 Å². The van der Waals surface area contributed by atoms with E-state index in [0.29, 0.717) is 0 Å². The molecule has 0 unspecified atom stereocenters. The average Bonchev–Trinajstić information content (AvgIpc) is 2.64. The number of hydrogen-bond donors (Lipinski definition) is 1. The van der Waals surface area contributed by atoms with Crippen molar-refractivity contribution in [3.8, 4) is 0 Å². The van der Waals surface area contributed by atoms with Gasteiger partial charge in [-0.15, -0.1) is 0 Å². The van der Waals surface area contributed by atoms with Crippen LogP contribution in [0.2, 0.25) is 0 Å². The van der Waals surface area contributed by atoms with Crippen molar-refractivity contribution < 1.29 is 0 Å². The van der Waals surface area contributed by atoms with Gasteiger partial charge in [0.1, 0.15) is 0 Å². The van der Waals surface area contributed by atoms with Gasteiger partial charge >= 0.3 is 0 Å². The van der Waals surface area contributed by atoms with Crippen LogP contribution < -0.4 is 5.32 Å². The quantitative estimate of drug-likeness (QED) is 0.748. The molecule has 0 radical (unpaired) electrons. The first-order valence-corrected chi connectivity index (χ1v) is 10.7. The summed E-state index contributed by atoms with van der Waals surface area (Å²) in [6.07, 6.45) is 9.49. The van der Waals surface area contributed by atoms with Crippen LogP contribution in [0, 0.1) is 20.8 Å². The van der Waals surface area contributed by atoms with Crippen molar-refractivity contribution >= 4 is 23.0 Å². The Morgan fingerprint density at radius 1 is 0.962 bits per heavy atom. The number of rotatable bonds is 3. The number of nitrogens with zero attached hydrogens (tertiary/aromatic N) is 2. The molecule has 1 N–H and O–H groups in total. The molecule has 1 aromatic rings. The van der Waals surface area contributed by atoms with E-state index >= 15 is 0 Å². The lowest BCUT2D eigenvalue weighted by molar-refractivity contribution is 0.0985. The van der Waals surface area contributed by atoms with Crippen molar-refractivity contribution in [3.05, 3.63) is 28.8 Å². The summed E-state index contributed by atoms with van der Waals surface area (Å²) in [5, 5.41) is 4.41. The highest BCUT2D eigenvalue weighted by Crippen LogP contribution is 2.27. The van der Waals surface area contributed by atoms with Crippen LogP contribution in [0.4, 0.5) is 5.69 Å². The first-order chi connectivity index (χ1) is 12.5. The van der Waals surface area contributed by atoms with Gasteiger partial charge in [0, 0.05) is 30.9 Å². The van der Waals surface area contributed by atoms with Gasteiger partial charge in [-0.05, 0) is 76.8 Å². The highest BCUT2D eigenvalue weighted by atomic mass is 32.1. The molecule has 0 aromatic heterocycles. The Balaban J connectivity index is 1.54. The Morgan fingerprint density at radius 2 is 1.50 bits per heavy atom. The van der Waals surface area contributed by atoms with Gasteiger partial charge in [-0.2, -0.15) is 0 Å². The first kappa shape index (κ1) is 19.6. The van der Waals surface area contributed by atoms with Crippen LogP contribution in [0.15, 0.2) is 12.1 Å². The number of piperidine rings is 1. The van der Waals surface area contributed by atoms with Gasteiger partial charge in [0.25, 0.3) is 0 Å². The Labute approximate surface area is 165 Å². The molecule has 1 saturated heterocycles. The van der Waals surface area contributed by atoms with Crippen molar-refractivity contribution in [2.75, 3.05) is 25.5 Å². The number of anilines is 1.